The molecule has 1 atom stereocenters. The summed E-state index contributed by atoms with van der Waals surface area (Å²) in [5.41, 5.74) is 1.29. The number of nitrogens with zero attached hydrogens (tertiary/aromatic N) is 3. The fourth-order valence-electron chi connectivity index (χ4n) is 2.87. The molecule has 1 fully saturated rings. The van der Waals surface area contributed by atoms with Gasteiger partial charge in [-0.05, 0) is 37.3 Å². The number of aromatic nitrogens is 2. The Morgan fingerprint density at radius 3 is 3.15 bits per heavy atom. The summed E-state index contributed by atoms with van der Waals surface area (Å²) in [6.45, 7) is 1.71. The van der Waals surface area contributed by atoms with Gasteiger partial charge in [-0.25, -0.2) is 4.98 Å². The normalized spacial score (nSPS) is 19.4. The minimum atomic E-state index is -0.00339. The first-order valence-corrected chi connectivity index (χ1v) is 7.12. The lowest BCUT2D eigenvalue weighted by atomic mass is 9.95. The number of piperidine rings is 1. The molecule has 0 aromatic carbocycles. The highest BCUT2D eigenvalue weighted by molar-refractivity contribution is 5.93. The minimum absolute atomic E-state index is 0.00339. The Morgan fingerprint density at radius 2 is 2.35 bits per heavy atom. The number of carbonyl (C=O) groups is 1. The van der Waals surface area contributed by atoms with E-state index in [-0.39, 0.29) is 12.5 Å². The molecule has 3 rings (SSSR count). The number of fused-ring (bicyclic) bond motifs is 1. The first-order valence-electron chi connectivity index (χ1n) is 7.12. The van der Waals surface area contributed by atoms with Crippen LogP contribution >= 0.6 is 0 Å². The van der Waals surface area contributed by atoms with E-state index in [0.717, 1.165) is 38.0 Å². The average Bonchev–Trinajstić information content (AvgIpc) is 2.91. The van der Waals surface area contributed by atoms with Crippen molar-refractivity contribution in [2.45, 2.75) is 19.3 Å². The van der Waals surface area contributed by atoms with Gasteiger partial charge < -0.3 is 14.4 Å². The molecule has 1 amide bonds. The molecule has 0 spiro atoms. The number of aliphatic hydroxyl groups excluding tert-OH is 1. The van der Waals surface area contributed by atoms with Crippen molar-refractivity contribution in [3.05, 3.63) is 36.3 Å². The summed E-state index contributed by atoms with van der Waals surface area (Å²) < 4.78 is 1.86. The molecule has 1 aliphatic rings. The van der Waals surface area contributed by atoms with Gasteiger partial charge in [0.15, 0.2) is 0 Å². The number of hydrogen-bond donors (Lipinski definition) is 1. The standard InChI is InChI=1S/C15H19N3O2/c19-9-6-12-4-3-8-18(10-12)15(20)13-11-17-7-2-1-5-14(17)16-13/h1-2,5,7,11-12,19H,3-4,6,8-10H2. The zero-order valence-corrected chi connectivity index (χ0v) is 11.4. The van der Waals surface area contributed by atoms with Gasteiger partial charge in [0.05, 0.1) is 0 Å². The summed E-state index contributed by atoms with van der Waals surface area (Å²) in [5, 5.41) is 9.04. The number of pyridine rings is 1. The average molecular weight is 273 g/mol. The van der Waals surface area contributed by atoms with Crippen LogP contribution in [0.5, 0.6) is 0 Å². The van der Waals surface area contributed by atoms with Crippen molar-refractivity contribution in [3.63, 3.8) is 0 Å². The number of imidazole rings is 1. The van der Waals surface area contributed by atoms with Crippen molar-refractivity contribution in [3.8, 4) is 0 Å². The molecule has 0 aliphatic carbocycles. The van der Waals surface area contributed by atoms with E-state index in [0.29, 0.717) is 11.6 Å². The number of amides is 1. The topological polar surface area (TPSA) is 57.8 Å². The van der Waals surface area contributed by atoms with Crippen LogP contribution in [0.15, 0.2) is 30.6 Å². The van der Waals surface area contributed by atoms with Crippen molar-refractivity contribution in [2.75, 3.05) is 19.7 Å². The lowest BCUT2D eigenvalue weighted by Gasteiger charge is -2.32. The van der Waals surface area contributed by atoms with Gasteiger partial charge in [0.25, 0.3) is 5.91 Å². The van der Waals surface area contributed by atoms with Gasteiger partial charge in [0, 0.05) is 32.1 Å². The van der Waals surface area contributed by atoms with E-state index in [9.17, 15) is 4.79 Å². The maximum absolute atomic E-state index is 12.5. The predicted molar refractivity (Wildman–Crippen MR) is 75.5 cm³/mol. The van der Waals surface area contributed by atoms with Gasteiger partial charge in [0.1, 0.15) is 11.3 Å². The Kier molecular flexibility index (Phi) is 3.69. The highest BCUT2D eigenvalue weighted by Gasteiger charge is 2.25. The molecule has 3 heterocycles. The monoisotopic (exact) mass is 273 g/mol. The number of rotatable bonds is 3. The number of carbonyl (C=O) groups excluding carboxylic acids is 1. The van der Waals surface area contributed by atoms with Crippen LogP contribution in [0, 0.1) is 5.92 Å². The van der Waals surface area contributed by atoms with Crippen LogP contribution in [-0.2, 0) is 0 Å². The fraction of sp³-hybridized carbons (Fsp3) is 0.467. The Hall–Kier alpha value is -1.88. The molecule has 5 heteroatoms. The minimum Gasteiger partial charge on any atom is -0.396 e. The van der Waals surface area contributed by atoms with E-state index in [1.807, 2.05) is 33.7 Å². The predicted octanol–water partition coefficient (Wildman–Crippen LogP) is 1.57. The Balaban J connectivity index is 1.77. The smallest absolute Gasteiger partial charge is 0.274 e. The third kappa shape index (κ3) is 2.54. The summed E-state index contributed by atoms with van der Waals surface area (Å²) in [4.78, 5) is 18.8. The van der Waals surface area contributed by atoms with E-state index in [4.69, 9.17) is 5.11 Å². The van der Waals surface area contributed by atoms with Gasteiger partial charge in [-0.2, -0.15) is 0 Å². The molecule has 1 N–H and O–H groups in total. The molecule has 0 radical (unpaired) electrons. The summed E-state index contributed by atoms with van der Waals surface area (Å²) >= 11 is 0. The van der Waals surface area contributed by atoms with E-state index < -0.39 is 0 Å². The fourth-order valence-corrected chi connectivity index (χ4v) is 2.87. The van der Waals surface area contributed by atoms with Gasteiger partial charge in [0.2, 0.25) is 0 Å². The van der Waals surface area contributed by atoms with Crippen LogP contribution in [0.3, 0.4) is 0 Å². The van der Waals surface area contributed by atoms with Crippen LogP contribution in [0.4, 0.5) is 0 Å². The summed E-state index contributed by atoms with van der Waals surface area (Å²) in [7, 11) is 0. The lowest BCUT2D eigenvalue weighted by molar-refractivity contribution is 0.0648. The zero-order chi connectivity index (χ0) is 13.9. The first kappa shape index (κ1) is 13.1. The third-order valence-electron chi connectivity index (χ3n) is 3.93. The molecule has 20 heavy (non-hydrogen) atoms. The molecular weight excluding hydrogens is 254 g/mol. The van der Waals surface area contributed by atoms with Crippen molar-refractivity contribution in [1.29, 1.82) is 0 Å². The lowest BCUT2D eigenvalue weighted by Crippen LogP contribution is -2.40. The molecule has 0 bridgehead atoms. The molecule has 106 valence electrons. The SMILES string of the molecule is O=C(c1cn2ccccc2n1)N1CCCC(CCO)C1. The molecular formula is C15H19N3O2. The summed E-state index contributed by atoms with van der Waals surface area (Å²) in [5.74, 6) is 0.408. The molecule has 1 aliphatic heterocycles. The summed E-state index contributed by atoms with van der Waals surface area (Å²) in [6, 6.07) is 5.72. The van der Waals surface area contributed by atoms with Crippen molar-refractivity contribution in [1.82, 2.24) is 14.3 Å². The van der Waals surface area contributed by atoms with E-state index in [1.54, 1.807) is 6.20 Å². The molecule has 1 unspecified atom stereocenters. The second kappa shape index (κ2) is 5.63. The maximum Gasteiger partial charge on any atom is 0.274 e. The number of likely N-dealkylation sites (tertiary alicyclic amines) is 1. The zero-order valence-electron chi connectivity index (χ0n) is 11.4. The van der Waals surface area contributed by atoms with Crippen molar-refractivity contribution in [2.24, 2.45) is 5.92 Å². The highest BCUT2D eigenvalue weighted by Crippen LogP contribution is 2.21. The van der Waals surface area contributed by atoms with E-state index in [2.05, 4.69) is 4.98 Å². The largest absolute Gasteiger partial charge is 0.396 e. The summed E-state index contributed by atoms with van der Waals surface area (Å²) in [6.07, 6.45) is 6.55. The second-order valence-electron chi connectivity index (χ2n) is 5.36. The van der Waals surface area contributed by atoms with Gasteiger partial charge >= 0.3 is 0 Å². The Labute approximate surface area is 117 Å². The maximum atomic E-state index is 12.5. The quantitative estimate of drug-likeness (QED) is 0.923. The molecule has 1 saturated heterocycles. The van der Waals surface area contributed by atoms with E-state index >= 15 is 0 Å². The van der Waals surface area contributed by atoms with Crippen molar-refractivity contribution < 1.29 is 9.90 Å². The van der Waals surface area contributed by atoms with Gasteiger partial charge in [-0.1, -0.05) is 6.07 Å². The highest BCUT2D eigenvalue weighted by atomic mass is 16.3. The van der Waals surface area contributed by atoms with Gasteiger partial charge in [-0.15, -0.1) is 0 Å². The number of aliphatic hydroxyl groups is 1. The van der Waals surface area contributed by atoms with Crippen LogP contribution in [0.2, 0.25) is 0 Å². The molecule has 0 saturated carbocycles. The molecule has 2 aromatic heterocycles. The van der Waals surface area contributed by atoms with E-state index in [1.165, 1.54) is 0 Å². The second-order valence-corrected chi connectivity index (χ2v) is 5.36. The number of hydrogen-bond acceptors (Lipinski definition) is 3. The van der Waals surface area contributed by atoms with Crippen LogP contribution in [0.1, 0.15) is 29.8 Å². The van der Waals surface area contributed by atoms with Gasteiger partial charge in [-0.3, -0.25) is 4.79 Å². The van der Waals surface area contributed by atoms with Crippen LogP contribution in [0.25, 0.3) is 5.65 Å². The molecule has 5 nitrogen and oxygen atoms in total. The van der Waals surface area contributed by atoms with Crippen LogP contribution in [-0.4, -0.2) is 45.0 Å². The first-order chi connectivity index (χ1) is 9.78. The van der Waals surface area contributed by atoms with Crippen molar-refractivity contribution >= 4 is 11.6 Å². The van der Waals surface area contributed by atoms with Crippen LogP contribution < -0.4 is 0 Å². The third-order valence-corrected chi connectivity index (χ3v) is 3.93. The molecule has 2 aromatic rings. The Morgan fingerprint density at radius 1 is 1.45 bits per heavy atom. The Bertz CT molecular complexity index is 573.